The number of aliphatic carboxylic acids is 1. The smallest absolute Gasteiger partial charge is 0.328 e. The molecule has 0 radical (unpaired) electrons. The maximum atomic E-state index is 10.8. The molecule has 1 heterocycles. The second-order valence-corrected chi connectivity index (χ2v) is 4.45. The van der Waals surface area contributed by atoms with E-state index in [1.165, 1.54) is 11.6 Å². The van der Waals surface area contributed by atoms with E-state index < -0.39 is 12.0 Å². The molecule has 1 atom stereocenters. The van der Waals surface area contributed by atoms with Gasteiger partial charge in [-0.15, -0.1) is 5.10 Å². The SMILES string of the molecule is CC(C(=O)O)n1nnnc1COC(C)(C)C. The lowest BCUT2D eigenvalue weighted by Crippen LogP contribution is -2.23. The summed E-state index contributed by atoms with van der Waals surface area (Å²) in [7, 11) is 0. The van der Waals surface area contributed by atoms with Gasteiger partial charge in [0.1, 0.15) is 6.61 Å². The van der Waals surface area contributed by atoms with E-state index in [-0.39, 0.29) is 12.2 Å². The zero-order valence-electron chi connectivity index (χ0n) is 9.84. The van der Waals surface area contributed by atoms with Crippen molar-refractivity contribution in [3.8, 4) is 0 Å². The van der Waals surface area contributed by atoms with Gasteiger partial charge in [0.05, 0.1) is 5.60 Å². The summed E-state index contributed by atoms with van der Waals surface area (Å²) >= 11 is 0. The molecule has 1 rings (SSSR count). The number of hydrogen-bond donors (Lipinski definition) is 1. The number of tetrazole rings is 1. The first-order chi connectivity index (χ1) is 7.31. The quantitative estimate of drug-likeness (QED) is 0.813. The molecule has 90 valence electrons. The van der Waals surface area contributed by atoms with Crippen LogP contribution in [0.2, 0.25) is 0 Å². The fraction of sp³-hybridized carbons (Fsp3) is 0.778. The number of nitrogens with zero attached hydrogens (tertiary/aromatic N) is 4. The summed E-state index contributed by atoms with van der Waals surface area (Å²) in [5.74, 6) is -0.575. The lowest BCUT2D eigenvalue weighted by atomic mass is 10.2. The molecule has 0 saturated carbocycles. The third-order valence-electron chi connectivity index (χ3n) is 1.92. The molecule has 0 bridgehead atoms. The number of rotatable bonds is 4. The van der Waals surface area contributed by atoms with E-state index in [9.17, 15) is 4.79 Å². The van der Waals surface area contributed by atoms with Crippen LogP contribution in [0.15, 0.2) is 0 Å². The molecular weight excluding hydrogens is 212 g/mol. The van der Waals surface area contributed by atoms with Gasteiger partial charge in [-0.1, -0.05) is 0 Å². The number of hydrogen-bond acceptors (Lipinski definition) is 5. The Morgan fingerprint density at radius 1 is 1.56 bits per heavy atom. The third-order valence-corrected chi connectivity index (χ3v) is 1.92. The summed E-state index contributed by atoms with van der Waals surface area (Å²) < 4.78 is 6.73. The van der Waals surface area contributed by atoms with Crippen molar-refractivity contribution in [1.82, 2.24) is 20.2 Å². The average molecular weight is 228 g/mol. The first-order valence-electron chi connectivity index (χ1n) is 4.95. The van der Waals surface area contributed by atoms with E-state index >= 15 is 0 Å². The van der Waals surface area contributed by atoms with Gasteiger partial charge >= 0.3 is 5.97 Å². The standard InChI is InChI=1S/C9H16N4O3/c1-6(8(14)15)13-7(10-11-12-13)5-16-9(2,3)4/h6H,5H2,1-4H3,(H,14,15). The van der Waals surface area contributed by atoms with E-state index in [2.05, 4.69) is 15.5 Å². The molecule has 1 aromatic heterocycles. The maximum absolute atomic E-state index is 10.8. The first-order valence-corrected chi connectivity index (χ1v) is 4.95. The van der Waals surface area contributed by atoms with E-state index in [0.29, 0.717) is 5.82 Å². The highest BCUT2D eigenvalue weighted by molar-refractivity contribution is 5.71. The predicted octanol–water partition coefficient (Wildman–Crippen LogP) is 0.634. The molecule has 7 heteroatoms. The fourth-order valence-corrected chi connectivity index (χ4v) is 0.994. The maximum Gasteiger partial charge on any atom is 0.328 e. The van der Waals surface area contributed by atoms with E-state index in [1.54, 1.807) is 0 Å². The molecule has 16 heavy (non-hydrogen) atoms. The van der Waals surface area contributed by atoms with Gasteiger partial charge in [0.15, 0.2) is 11.9 Å². The molecule has 0 amide bonds. The van der Waals surface area contributed by atoms with Crippen LogP contribution in [0, 0.1) is 0 Å². The van der Waals surface area contributed by atoms with E-state index in [0.717, 1.165) is 0 Å². The van der Waals surface area contributed by atoms with E-state index in [4.69, 9.17) is 9.84 Å². The molecule has 0 saturated heterocycles. The highest BCUT2D eigenvalue weighted by Gasteiger charge is 2.20. The van der Waals surface area contributed by atoms with Crippen LogP contribution in [0.3, 0.4) is 0 Å². The third kappa shape index (κ3) is 3.27. The number of ether oxygens (including phenoxy) is 1. The molecule has 1 N–H and O–H groups in total. The topological polar surface area (TPSA) is 90.1 Å². The normalized spacial score (nSPS) is 13.8. The van der Waals surface area contributed by atoms with Crippen LogP contribution in [0.25, 0.3) is 0 Å². The minimum atomic E-state index is -0.982. The Kier molecular flexibility index (Phi) is 3.58. The monoisotopic (exact) mass is 228 g/mol. The molecule has 0 aliphatic rings. The minimum absolute atomic E-state index is 0.189. The van der Waals surface area contributed by atoms with Gasteiger partial charge in [-0.3, -0.25) is 0 Å². The summed E-state index contributed by atoms with van der Waals surface area (Å²) in [6, 6.07) is -0.798. The van der Waals surface area contributed by atoms with Crippen molar-refractivity contribution in [2.24, 2.45) is 0 Å². The van der Waals surface area contributed by atoms with Gasteiger partial charge < -0.3 is 9.84 Å². The van der Waals surface area contributed by atoms with Crippen LogP contribution >= 0.6 is 0 Å². The minimum Gasteiger partial charge on any atom is -0.480 e. The van der Waals surface area contributed by atoms with Crippen molar-refractivity contribution in [2.75, 3.05) is 0 Å². The summed E-state index contributed by atoms with van der Waals surface area (Å²) in [5.41, 5.74) is -0.316. The number of carboxylic acid groups (broad SMARTS) is 1. The molecule has 0 fully saturated rings. The Balaban J connectivity index is 2.75. The summed E-state index contributed by atoms with van der Waals surface area (Å²) in [6.07, 6.45) is 0. The molecule has 1 unspecified atom stereocenters. The van der Waals surface area contributed by atoms with Crippen molar-refractivity contribution in [3.05, 3.63) is 5.82 Å². The van der Waals surface area contributed by atoms with E-state index in [1.807, 2.05) is 20.8 Å². The van der Waals surface area contributed by atoms with Crippen LogP contribution in [0.5, 0.6) is 0 Å². The lowest BCUT2D eigenvalue weighted by molar-refractivity contribution is -0.140. The summed E-state index contributed by atoms with van der Waals surface area (Å²) in [4.78, 5) is 10.8. The Hall–Kier alpha value is -1.50. The highest BCUT2D eigenvalue weighted by atomic mass is 16.5. The molecule has 1 aromatic rings. The van der Waals surface area contributed by atoms with Crippen LogP contribution in [-0.4, -0.2) is 36.9 Å². The predicted molar refractivity (Wildman–Crippen MR) is 54.7 cm³/mol. The van der Waals surface area contributed by atoms with Gasteiger partial charge in [-0.2, -0.15) is 0 Å². The second kappa shape index (κ2) is 4.56. The molecule has 0 spiro atoms. The van der Waals surface area contributed by atoms with Crippen molar-refractivity contribution < 1.29 is 14.6 Å². The summed E-state index contributed by atoms with van der Waals surface area (Å²) in [5, 5.41) is 19.7. The van der Waals surface area contributed by atoms with Crippen LogP contribution in [0.1, 0.15) is 39.6 Å². The second-order valence-electron chi connectivity index (χ2n) is 4.45. The average Bonchev–Trinajstić information content (AvgIpc) is 2.59. The Bertz CT molecular complexity index is 369. The number of carboxylic acids is 1. The zero-order chi connectivity index (χ0) is 12.3. The molecule has 0 aliphatic carbocycles. The largest absolute Gasteiger partial charge is 0.480 e. The molecule has 0 aliphatic heterocycles. The Labute approximate surface area is 93.4 Å². The van der Waals surface area contributed by atoms with Gasteiger partial charge in [0.25, 0.3) is 0 Å². The number of carbonyl (C=O) groups is 1. The van der Waals surface area contributed by atoms with Gasteiger partial charge in [-0.25, -0.2) is 9.48 Å². The number of aromatic nitrogens is 4. The summed E-state index contributed by atoms with van der Waals surface area (Å²) in [6.45, 7) is 7.42. The van der Waals surface area contributed by atoms with Crippen LogP contribution in [0.4, 0.5) is 0 Å². The highest BCUT2D eigenvalue weighted by Crippen LogP contribution is 2.12. The van der Waals surface area contributed by atoms with Gasteiger partial charge in [-0.05, 0) is 38.1 Å². The molecule has 7 nitrogen and oxygen atoms in total. The van der Waals surface area contributed by atoms with Crippen molar-refractivity contribution in [3.63, 3.8) is 0 Å². The fourth-order valence-electron chi connectivity index (χ4n) is 0.994. The lowest BCUT2D eigenvalue weighted by Gasteiger charge is -2.19. The van der Waals surface area contributed by atoms with Crippen molar-refractivity contribution in [2.45, 2.75) is 45.9 Å². The Morgan fingerprint density at radius 2 is 2.19 bits per heavy atom. The molecular formula is C9H16N4O3. The van der Waals surface area contributed by atoms with Crippen LogP contribution < -0.4 is 0 Å². The first kappa shape index (κ1) is 12.6. The Morgan fingerprint density at radius 3 is 2.69 bits per heavy atom. The molecule has 0 aromatic carbocycles. The zero-order valence-corrected chi connectivity index (χ0v) is 9.84. The van der Waals surface area contributed by atoms with Crippen LogP contribution in [-0.2, 0) is 16.1 Å². The van der Waals surface area contributed by atoms with Gasteiger partial charge in [0, 0.05) is 0 Å². The van der Waals surface area contributed by atoms with Crippen molar-refractivity contribution in [1.29, 1.82) is 0 Å². The van der Waals surface area contributed by atoms with Crippen molar-refractivity contribution >= 4 is 5.97 Å². The van der Waals surface area contributed by atoms with Gasteiger partial charge in [0.2, 0.25) is 0 Å².